The summed E-state index contributed by atoms with van der Waals surface area (Å²) in [6.07, 6.45) is -2.10. The minimum absolute atomic E-state index is 0.0989. The molecule has 3 rings (SSSR count). The number of aliphatic hydroxyl groups excluding tert-OH is 1. The van der Waals surface area contributed by atoms with E-state index < -0.39 is 52.3 Å². The summed E-state index contributed by atoms with van der Waals surface area (Å²) in [5.74, 6) is -4.15. The van der Waals surface area contributed by atoms with Gasteiger partial charge in [-0.2, -0.15) is 13.2 Å². The first kappa shape index (κ1) is 35.8. The van der Waals surface area contributed by atoms with Gasteiger partial charge in [0.05, 0.1) is 29.2 Å². The molecule has 2 amide bonds. The van der Waals surface area contributed by atoms with Crippen LogP contribution in [-0.2, 0) is 27.7 Å². The zero-order valence-electron chi connectivity index (χ0n) is 25.9. The van der Waals surface area contributed by atoms with Gasteiger partial charge in [-0.1, -0.05) is 32.1 Å². The van der Waals surface area contributed by atoms with Crippen molar-refractivity contribution in [3.63, 3.8) is 0 Å². The van der Waals surface area contributed by atoms with Crippen LogP contribution in [0.4, 0.5) is 22.0 Å². The van der Waals surface area contributed by atoms with Crippen molar-refractivity contribution in [2.45, 2.75) is 64.8 Å². The number of nitrogens with zero attached hydrogens (tertiary/aromatic N) is 2. The number of alkyl halides is 3. The predicted molar refractivity (Wildman–Crippen MR) is 162 cm³/mol. The number of hydrogen-bond acceptors (Lipinski definition) is 5. The lowest BCUT2D eigenvalue weighted by atomic mass is 9.67. The number of primary amides is 1. The molecule has 2 aromatic rings. The molecule has 0 bridgehead atoms. The Hall–Kier alpha value is -3.64. The van der Waals surface area contributed by atoms with Crippen molar-refractivity contribution in [2.24, 2.45) is 22.1 Å². The third-order valence-electron chi connectivity index (χ3n) is 8.15. The molecule has 4 N–H and O–H groups in total. The number of hydrogen-bond donors (Lipinski definition) is 3. The zero-order chi connectivity index (χ0) is 33.6. The highest BCUT2D eigenvalue weighted by Crippen LogP contribution is 2.39. The number of aliphatic imine (C=N–C) groups is 1. The van der Waals surface area contributed by atoms with Crippen LogP contribution in [0.5, 0.6) is 0 Å². The Morgan fingerprint density at radius 1 is 1.04 bits per heavy atom. The lowest BCUT2D eigenvalue weighted by Gasteiger charge is -2.41. The topological polar surface area (TPSA) is 108 Å². The Balaban J connectivity index is 2.04. The quantitative estimate of drug-likeness (QED) is 0.249. The lowest BCUT2D eigenvalue weighted by Crippen LogP contribution is -2.54. The van der Waals surface area contributed by atoms with Gasteiger partial charge in [-0.25, -0.2) is 8.78 Å². The zero-order valence-corrected chi connectivity index (χ0v) is 25.9. The summed E-state index contributed by atoms with van der Waals surface area (Å²) in [5.41, 5.74) is 2.83. The van der Waals surface area contributed by atoms with Gasteiger partial charge in [0.2, 0.25) is 5.91 Å². The number of rotatable bonds is 14. The molecule has 0 spiro atoms. The Labute approximate surface area is 260 Å². The van der Waals surface area contributed by atoms with Crippen molar-refractivity contribution >= 4 is 18.0 Å². The van der Waals surface area contributed by atoms with E-state index in [1.165, 1.54) is 24.4 Å². The van der Waals surface area contributed by atoms with Crippen molar-refractivity contribution in [3.8, 4) is 0 Å². The highest BCUT2D eigenvalue weighted by molar-refractivity contribution is 6.13. The van der Waals surface area contributed by atoms with E-state index in [0.717, 1.165) is 24.3 Å². The van der Waals surface area contributed by atoms with Crippen LogP contribution in [0.3, 0.4) is 0 Å². The van der Waals surface area contributed by atoms with E-state index in [1.54, 1.807) is 18.7 Å². The monoisotopic (exact) mass is 636 g/mol. The Morgan fingerprint density at radius 2 is 1.64 bits per heavy atom. The van der Waals surface area contributed by atoms with E-state index in [9.17, 15) is 36.6 Å². The third kappa shape index (κ3) is 8.76. The third-order valence-corrected chi connectivity index (χ3v) is 8.15. The van der Waals surface area contributed by atoms with Gasteiger partial charge in [0.1, 0.15) is 11.6 Å². The van der Waals surface area contributed by atoms with E-state index in [1.807, 2.05) is 13.8 Å². The molecule has 2 aromatic carbocycles. The Morgan fingerprint density at radius 3 is 2.20 bits per heavy atom. The van der Waals surface area contributed by atoms with Crippen LogP contribution >= 0.6 is 0 Å². The maximum Gasteiger partial charge on any atom is 0.416 e. The molecular weight excluding hydrogens is 595 g/mol. The summed E-state index contributed by atoms with van der Waals surface area (Å²) in [4.78, 5) is 32.7. The minimum Gasteiger partial charge on any atom is -0.391 e. The van der Waals surface area contributed by atoms with E-state index in [0.29, 0.717) is 37.6 Å². The molecule has 0 radical (unpaired) electrons. The van der Waals surface area contributed by atoms with E-state index in [4.69, 9.17) is 5.73 Å². The van der Waals surface area contributed by atoms with Gasteiger partial charge in [0.15, 0.2) is 0 Å². The van der Waals surface area contributed by atoms with Crippen molar-refractivity contribution in [1.82, 2.24) is 10.2 Å². The van der Waals surface area contributed by atoms with Crippen LogP contribution < -0.4 is 11.1 Å². The van der Waals surface area contributed by atoms with Gasteiger partial charge in [-0.05, 0) is 68.5 Å². The summed E-state index contributed by atoms with van der Waals surface area (Å²) in [6.45, 7) is 7.55. The Bertz CT molecular complexity index is 1400. The largest absolute Gasteiger partial charge is 0.416 e. The van der Waals surface area contributed by atoms with Gasteiger partial charge >= 0.3 is 6.18 Å². The average molecular weight is 637 g/mol. The van der Waals surface area contributed by atoms with Crippen LogP contribution in [0.25, 0.3) is 0 Å². The molecule has 1 unspecified atom stereocenters. The van der Waals surface area contributed by atoms with Crippen molar-refractivity contribution in [2.75, 3.05) is 26.2 Å². The number of carbonyl (C=O) groups excluding carboxylic acids is 2. The standard InChI is InChI=1S/C33H41F5N4O3/c1-5-10-42(11-6-2)29(44)22-17-32(30(39)45,20-40-18-22)27(14-21-12-25(34)16-26(35)13-21)28(43)19-41-31(3,4)23-8-7-9-24(15-23)33(36,37)38/h7-9,12-13,15-18,27-28,41,43H,5-6,10-11,14,19-20H2,1-4H3,(H2,39,45)/t27-,28+,32?/m1/s1. The summed E-state index contributed by atoms with van der Waals surface area (Å²) in [5, 5.41) is 14.7. The second kappa shape index (κ2) is 14.6. The maximum absolute atomic E-state index is 14.2. The number of aliphatic hydroxyl groups is 1. The van der Waals surface area contributed by atoms with Crippen molar-refractivity contribution in [3.05, 3.63) is 82.4 Å². The normalized spacial score (nSPS) is 18.3. The van der Waals surface area contributed by atoms with Gasteiger partial charge < -0.3 is 21.1 Å². The first-order chi connectivity index (χ1) is 21.0. The molecule has 7 nitrogen and oxygen atoms in total. The molecule has 0 fully saturated rings. The molecule has 12 heteroatoms. The number of carbonyl (C=O) groups is 2. The molecule has 1 aliphatic heterocycles. The van der Waals surface area contributed by atoms with Crippen LogP contribution in [0.15, 0.2) is 59.1 Å². The number of halogens is 5. The summed E-state index contributed by atoms with van der Waals surface area (Å²) < 4.78 is 68.6. The van der Waals surface area contributed by atoms with Gasteiger partial charge in [0, 0.05) is 43.4 Å². The number of amides is 2. The molecule has 1 heterocycles. The number of nitrogens with one attached hydrogen (secondary N) is 1. The molecule has 246 valence electrons. The fourth-order valence-electron chi connectivity index (χ4n) is 5.70. The molecule has 0 aliphatic carbocycles. The molecule has 1 aliphatic rings. The molecule has 45 heavy (non-hydrogen) atoms. The lowest BCUT2D eigenvalue weighted by molar-refractivity contribution is -0.137. The SMILES string of the molecule is CCCN(CCC)C(=O)C1=CC(C(N)=O)([C@H](Cc2cc(F)cc(F)c2)[C@@H](O)CNC(C)(C)c2cccc(C(F)(F)F)c2)CN=C1. The molecule has 0 saturated carbocycles. The highest BCUT2D eigenvalue weighted by Gasteiger charge is 2.48. The highest BCUT2D eigenvalue weighted by atomic mass is 19.4. The van der Waals surface area contributed by atoms with Crippen LogP contribution in [0.1, 0.15) is 57.2 Å². The van der Waals surface area contributed by atoms with Crippen LogP contribution in [0, 0.1) is 23.0 Å². The van der Waals surface area contributed by atoms with E-state index >= 15 is 0 Å². The van der Waals surface area contributed by atoms with E-state index in [2.05, 4.69) is 10.3 Å². The maximum atomic E-state index is 14.2. The summed E-state index contributed by atoms with van der Waals surface area (Å²) in [7, 11) is 0. The van der Waals surface area contributed by atoms with Gasteiger partial charge in [-0.15, -0.1) is 0 Å². The molecule has 0 saturated heterocycles. The second-order valence-electron chi connectivity index (χ2n) is 12.0. The Kier molecular flexibility index (Phi) is 11.7. The molecule has 3 atom stereocenters. The molecule has 0 aromatic heterocycles. The van der Waals surface area contributed by atoms with Crippen molar-refractivity contribution < 1.29 is 36.6 Å². The number of benzene rings is 2. The molecular formula is C33H41F5N4O3. The fraction of sp³-hybridized carbons (Fsp3) is 0.485. The predicted octanol–water partition coefficient (Wildman–Crippen LogP) is 5.16. The number of dihydropyridines is 1. The minimum atomic E-state index is -4.56. The van der Waals surface area contributed by atoms with Crippen LogP contribution in [0.2, 0.25) is 0 Å². The van der Waals surface area contributed by atoms with Crippen LogP contribution in [-0.4, -0.2) is 60.3 Å². The average Bonchev–Trinajstić information content (AvgIpc) is 2.97. The van der Waals surface area contributed by atoms with Gasteiger partial charge in [0.25, 0.3) is 5.91 Å². The van der Waals surface area contributed by atoms with Gasteiger partial charge in [-0.3, -0.25) is 14.6 Å². The van der Waals surface area contributed by atoms with E-state index in [-0.39, 0.29) is 36.6 Å². The fourth-order valence-corrected chi connectivity index (χ4v) is 5.70. The first-order valence-corrected chi connectivity index (χ1v) is 14.9. The van der Waals surface area contributed by atoms with Crippen molar-refractivity contribution in [1.29, 1.82) is 0 Å². The second-order valence-corrected chi connectivity index (χ2v) is 12.0. The summed E-state index contributed by atoms with van der Waals surface area (Å²) >= 11 is 0. The number of nitrogens with two attached hydrogens (primary N) is 1. The first-order valence-electron chi connectivity index (χ1n) is 14.9. The smallest absolute Gasteiger partial charge is 0.391 e. The summed E-state index contributed by atoms with van der Waals surface area (Å²) in [6, 6.07) is 7.59.